The van der Waals surface area contributed by atoms with Gasteiger partial charge in [-0.15, -0.1) is 0 Å². The third-order valence-corrected chi connectivity index (χ3v) is 6.57. The Morgan fingerprint density at radius 1 is 1.23 bits per heavy atom. The molecule has 0 aromatic rings. The first-order valence-corrected chi connectivity index (χ1v) is 11.6. The number of aliphatic imine (C=N–C) groups is 1. The van der Waals surface area contributed by atoms with E-state index in [-0.39, 0.29) is 17.7 Å². The fraction of sp³-hybridized carbons (Fsp3) is 0.680. The van der Waals surface area contributed by atoms with Gasteiger partial charge in [-0.25, -0.2) is 4.79 Å². The summed E-state index contributed by atoms with van der Waals surface area (Å²) >= 11 is 0. The van der Waals surface area contributed by atoms with Crippen LogP contribution in [0.4, 0.5) is 4.79 Å². The number of allylic oxidation sites excluding steroid dienone is 5. The summed E-state index contributed by atoms with van der Waals surface area (Å²) in [5, 5.41) is 0. The van der Waals surface area contributed by atoms with Crippen molar-refractivity contribution in [3.63, 3.8) is 0 Å². The van der Waals surface area contributed by atoms with E-state index in [9.17, 15) is 4.79 Å². The Kier molecular flexibility index (Phi) is 7.10. The average molecular weight is 414 g/mol. The van der Waals surface area contributed by atoms with E-state index in [1.807, 2.05) is 18.0 Å². The molecule has 1 amide bonds. The third-order valence-electron chi connectivity index (χ3n) is 6.57. The van der Waals surface area contributed by atoms with Crippen LogP contribution < -0.4 is 0 Å². The molecule has 0 spiro atoms. The Morgan fingerprint density at radius 3 is 2.47 bits per heavy atom. The van der Waals surface area contributed by atoms with E-state index in [1.165, 1.54) is 29.7 Å². The second-order valence-corrected chi connectivity index (χ2v) is 9.29. The van der Waals surface area contributed by atoms with Gasteiger partial charge in [-0.05, 0) is 78.2 Å². The fourth-order valence-corrected chi connectivity index (χ4v) is 4.23. The lowest BCUT2D eigenvalue weighted by Gasteiger charge is -2.41. The molecular weight excluding hydrogens is 374 g/mol. The lowest BCUT2D eigenvalue weighted by atomic mass is 9.94. The number of carbonyl (C=O) groups is 1. The number of ether oxygens (including phenoxy) is 1. The van der Waals surface area contributed by atoms with E-state index in [0.29, 0.717) is 12.5 Å². The molecule has 5 heteroatoms. The number of piperazine rings is 1. The maximum atomic E-state index is 12.6. The van der Waals surface area contributed by atoms with Crippen molar-refractivity contribution in [1.29, 1.82) is 0 Å². The number of hydrogen-bond donors (Lipinski definition) is 0. The van der Waals surface area contributed by atoms with Crippen LogP contribution >= 0.6 is 0 Å². The van der Waals surface area contributed by atoms with Crippen molar-refractivity contribution in [2.45, 2.75) is 85.3 Å². The highest BCUT2D eigenvalue weighted by Crippen LogP contribution is 2.42. The first-order valence-electron chi connectivity index (χ1n) is 11.6. The largest absolute Gasteiger partial charge is 0.443 e. The highest BCUT2D eigenvalue weighted by atomic mass is 16.6. The zero-order valence-corrected chi connectivity index (χ0v) is 19.7. The summed E-state index contributed by atoms with van der Waals surface area (Å²) in [6.07, 6.45) is 11.6. The maximum absolute atomic E-state index is 12.6. The van der Waals surface area contributed by atoms with Crippen molar-refractivity contribution in [3.8, 4) is 0 Å². The third kappa shape index (κ3) is 5.35. The van der Waals surface area contributed by atoms with Crippen LogP contribution in [-0.4, -0.2) is 52.9 Å². The minimum Gasteiger partial charge on any atom is -0.443 e. The van der Waals surface area contributed by atoms with Crippen LogP contribution in [0.1, 0.15) is 73.6 Å². The maximum Gasteiger partial charge on any atom is 0.410 e. The Morgan fingerprint density at radius 2 is 1.93 bits per heavy atom. The summed E-state index contributed by atoms with van der Waals surface area (Å²) in [4.78, 5) is 21.7. The summed E-state index contributed by atoms with van der Waals surface area (Å²) in [5.41, 5.74) is 4.84. The van der Waals surface area contributed by atoms with Crippen molar-refractivity contribution < 1.29 is 9.53 Å². The van der Waals surface area contributed by atoms with Crippen LogP contribution in [0, 0.1) is 5.92 Å². The number of nitrogens with zero attached hydrogens (tertiary/aromatic N) is 3. The summed E-state index contributed by atoms with van der Waals surface area (Å²) in [5.74, 6) is 0.660. The molecule has 2 aliphatic carbocycles. The molecule has 30 heavy (non-hydrogen) atoms. The molecule has 1 atom stereocenters. The Labute approximate surface area is 182 Å². The summed E-state index contributed by atoms with van der Waals surface area (Å²) in [7, 11) is 0. The van der Waals surface area contributed by atoms with Crippen molar-refractivity contribution in [2.75, 3.05) is 19.6 Å². The van der Waals surface area contributed by atoms with Gasteiger partial charge in [0, 0.05) is 48.9 Å². The van der Waals surface area contributed by atoms with Gasteiger partial charge in [0.05, 0.1) is 0 Å². The first-order chi connectivity index (χ1) is 14.3. The molecule has 1 aliphatic heterocycles. The van der Waals surface area contributed by atoms with Crippen LogP contribution in [0.2, 0.25) is 0 Å². The zero-order valence-electron chi connectivity index (χ0n) is 19.7. The lowest BCUT2D eigenvalue weighted by Crippen LogP contribution is -2.54. The smallest absolute Gasteiger partial charge is 0.410 e. The van der Waals surface area contributed by atoms with Crippen molar-refractivity contribution in [3.05, 3.63) is 35.2 Å². The Hall–Kier alpha value is -2.04. The molecule has 1 heterocycles. The lowest BCUT2D eigenvalue weighted by molar-refractivity contribution is 0.0302. The Balaban J connectivity index is 1.79. The van der Waals surface area contributed by atoms with Crippen molar-refractivity contribution >= 4 is 11.8 Å². The SMILES string of the molecule is C\C=C(C(/C(C)=N/C=C/CC)=C(/C)N1CCN(C(=O)OC2(C)CC2)C(C)C1)\C1CC1. The highest BCUT2D eigenvalue weighted by molar-refractivity contribution is 6.03. The van der Waals surface area contributed by atoms with Crippen LogP contribution in [0.5, 0.6) is 0 Å². The number of carbonyl (C=O) groups excluding carboxylic acids is 1. The van der Waals surface area contributed by atoms with Gasteiger partial charge in [0.25, 0.3) is 0 Å². The molecule has 0 N–H and O–H groups in total. The predicted octanol–water partition coefficient (Wildman–Crippen LogP) is 5.70. The summed E-state index contributed by atoms with van der Waals surface area (Å²) < 4.78 is 5.71. The van der Waals surface area contributed by atoms with Crippen LogP contribution in [0.15, 0.2) is 40.2 Å². The van der Waals surface area contributed by atoms with Gasteiger partial charge in [0.2, 0.25) is 0 Å². The second kappa shape index (κ2) is 9.40. The number of rotatable bonds is 7. The molecule has 0 aromatic heterocycles. The molecule has 3 fully saturated rings. The monoisotopic (exact) mass is 413 g/mol. The topological polar surface area (TPSA) is 45.1 Å². The molecule has 3 rings (SSSR count). The van der Waals surface area contributed by atoms with Crippen LogP contribution in [-0.2, 0) is 4.74 Å². The Bertz CT molecular complexity index is 769. The van der Waals surface area contributed by atoms with Crippen LogP contribution in [0.3, 0.4) is 0 Å². The average Bonchev–Trinajstić information content (AvgIpc) is 3.63. The first kappa shape index (κ1) is 22.6. The minimum atomic E-state index is -0.221. The molecule has 1 saturated heterocycles. The fourth-order valence-electron chi connectivity index (χ4n) is 4.23. The van der Waals surface area contributed by atoms with Gasteiger partial charge >= 0.3 is 6.09 Å². The van der Waals surface area contributed by atoms with E-state index in [4.69, 9.17) is 9.73 Å². The standard InChI is InChI=1S/C25H39N3O2/c1-7-9-14-26-19(4)23(22(8-2)21-10-11-21)20(5)27-15-16-28(18(3)17-27)24(29)30-25(6)12-13-25/h8-9,14,18,21H,7,10-13,15-17H2,1-6H3/b14-9+,22-8-,23-20-,26-19+. The number of amides is 1. The minimum absolute atomic E-state index is 0.122. The molecule has 1 unspecified atom stereocenters. The van der Waals surface area contributed by atoms with Crippen LogP contribution in [0.25, 0.3) is 0 Å². The molecule has 3 aliphatic rings. The van der Waals surface area contributed by atoms with Gasteiger partial charge < -0.3 is 14.5 Å². The van der Waals surface area contributed by atoms with E-state index in [0.717, 1.165) is 38.1 Å². The summed E-state index contributed by atoms with van der Waals surface area (Å²) in [6, 6.07) is 0.122. The van der Waals surface area contributed by atoms with E-state index >= 15 is 0 Å². The van der Waals surface area contributed by atoms with Gasteiger partial charge in [-0.2, -0.15) is 0 Å². The van der Waals surface area contributed by atoms with Gasteiger partial charge in [-0.3, -0.25) is 4.99 Å². The van der Waals surface area contributed by atoms with E-state index in [2.05, 4.69) is 51.7 Å². The molecule has 0 radical (unpaired) electrons. The van der Waals surface area contributed by atoms with Crippen molar-refractivity contribution in [1.82, 2.24) is 9.80 Å². The summed E-state index contributed by atoms with van der Waals surface area (Å²) in [6.45, 7) is 15.1. The molecule has 0 aromatic carbocycles. The molecule has 0 bridgehead atoms. The molecular formula is C25H39N3O2. The normalized spacial score (nSPS) is 25.5. The zero-order chi connectivity index (χ0) is 21.9. The van der Waals surface area contributed by atoms with Gasteiger partial charge in [-0.1, -0.05) is 19.1 Å². The van der Waals surface area contributed by atoms with E-state index < -0.39 is 0 Å². The van der Waals surface area contributed by atoms with Gasteiger partial charge in [0.15, 0.2) is 0 Å². The highest BCUT2D eigenvalue weighted by Gasteiger charge is 2.43. The predicted molar refractivity (Wildman–Crippen MR) is 124 cm³/mol. The second-order valence-electron chi connectivity index (χ2n) is 9.29. The number of hydrogen-bond acceptors (Lipinski definition) is 4. The van der Waals surface area contributed by atoms with Gasteiger partial charge in [0.1, 0.15) is 5.60 Å². The molecule has 5 nitrogen and oxygen atoms in total. The van der Waals surface area contributed by atoms with Crippen molar-refractivity contribution in [2.24, 2.45) is 10.9 Å². The molecule has 166 valence electrons. The molecule has 2 saturated carbocycles. The quantitative estimate of drug-likeness (QED) is 0.397. The van der Waals surface area contributed by atoms with E-state index in [1.54, 1.807) is 0 Å².